The molecular weight excluding hydrogens is 462 g/mol. The van der Waals surface area contributed by atoms with Crippen molar-refractivity contribution in [2.24, 2.45) is 0 Å². The third kappa shape index (κ3) is 3.76. The molecule has 35 heavy (non-hydrogen) atoms. The van der Waals surface area contributed by atoms with Crippen LogP contribution in [0.15, 0.2) is 24.4 Å². The van der Waals surface area contributed by atoms with Gasteiger partial charge in [0.1, 0.15) is 12.4 Å². The zero-order chi connectivity index (χ0) is 24.9. The van der Waals surface area contributed by atoms with Crippen LogP contribution in [0.2, 0.25) is 0 Å². The third-order valence-electron chi connectivity index (χ3n) is 7.01. The number of rotatable bonds is 5. The summed E-state index contributed by atoms with van der Waals surface area (Å²) in [6.45, 7) is 8.27. The summed E-state index contributed by atoms with van der Waals surface area (Å²) in [5, 5.41) is 13.3. The van der Waals surface area contributed by atoms with Crippen LogP contribution in [0, 0.1) is 20.8 Å². The summed E-state index contributed by atoms with van der Waals surface area (Å²) < 4.78 is 13.5. The molecule has 2 aliphatic heterocycles. The number of pyridine rings is 1. The maximum Gasteiger partial charge on any atom is 0.307 e. The first-order valence-electron chi connectivity index (χ1n) is 11.6. The van der Waals surface area contributed by atoms with Crippen molar-refractivity contribution in [1.82, 2.24) is 4.98 Å². The first-order chi connectivity index (χ1) is 16.8. The number of methoxy groups -OCH3 is 1. The number of hydrogen-bond acceptors (Lipinski definition) is 7. The molecule has 2 aromatic carbocycles. The molecule has 0 aliphatic carbocycles. The Balaban J connectivity index is 1.85. The number of nitrogens with zero attached hydrogens (tertiary/aromatic N) is 2. The van der Waals surface area contributed by atoms with Gasteiger partial charge in [0.25, 0.3) is 0 Å². The fraction of sp³-hybridized carbons (Fsp3) is 0.333. The molecule has 2 aliphatic rings. The predicted molar refractivity (Wildman–Crippen MR) is 141 cm³/mol. The van der Waals surface area contributed by atoms with Crippen LogP contribution in [0.1, 0.15) is 27.8 Å². The van der Waals surface area contributed by atoms with Gasteiger partial charge in [0.05, 0.1) is 31.5 Å². The van der Waals surface area contributed by atoms with Crippen LogP contribution in [0.4, 0.5) is 11.4 Å². The Bertz CT molecular complexity index is 1360. The molecule has 0 radical (unpaired) electrons. The molecule has 8 heteroatoms. The van der Waals surface area contributed by atoms with Crippen molar-refractivity contribution in [3.63, 3.8) is 0 Å². The van der Waals surface area contributed by atoms with E-state index in [2.05, 4.69) is 34.5 Å². The first kappa shape index (κ1) is 23.4. The smallest absolute Gasteiger partial charge is 0.307 e. The van der Waals surface area contributed by atoms with Gasteiger partial charge >= 0.3 is 5.97 Å². The summed E-state index contributed by atoms with van der Waals surface area (Å²) in [5.41, 5.74) is 11.3. The van der Waals surface area contributed by atoms with Crippen LogP contribution in [0.5, 0.6) is 11.6 Å². The van der Waals surface area contributed by atoms with Crippen LogP contribution in [-0.2, 0) is 17.8 Å². The van der Waals surface area contributed by atoms with Gasteiger partial charge in [-0.2, -0.15) is 0 Å². The highest BCUT2D eigenvalue weighted by Gasteiger charge is 2.31. The molecule has 3 aromatic rings. The fourth-order valence-electron chi connectivity index (χ4n) is 5.39. The molecule has 0 saturated carbocycles. The molecule has 182 valence electrons. The highest BCUT2D eigenvalue weighted by Crippen LogP contribution is 2.51. The van der Waals surface area contributed by atoms with Gasteiger partial charge in [-0.15, -0.1) is 0 Å². The lowest BCUT2D eigenvalue weighted by molar-refractivity contribution is -0.136. The van der Waals surface area contributed by atoms with E-state index < -0.39 is 5.97 Å². The number of hydrogen-bond donors (Lipinski definition) is 2. The molecule has 5 rings (SSSR count). The lowest BCUT2D eigenvalue weighted by atomic mass is 9.80. The Morgan fingerprint density at radius 3 is 2.71 bits per heavy atom. The lowest BCUT2D eigenvalue weighted by Crippen LogP contribution is -2.23. The van der Waals surface area contributed by atoms with Crippen molar-refractivity contribution >= 4 is 29.3 Å². The van der Waals surface area contributed by atoms with E-state index in [9.17, 15) is 9.90 Å². The molecule has 0 fully saturated rings. The minimum Gasteiger partial charge on any atom is -0.490 e. The molecule has 0 saturated heterocycles. The van der Waals surface area contributed by atoms with Gasteiger partial charge in [-0.25, -0.2) is 4.98 Å². The molecular formula is C27H29N3O4S. The van der Waals surface area contributed by atoms with Crippen LogP contribution < -0.4 is 19.1 Å². The highest BCUT2D eigenvalue weighted by atomic mass is 32.2. The van der Waals surface area contributed by atoms with Gasteiger partial charge in [0.15, 0.2) is 0 Å². The van der Waals surface area contributed by atoms with Gasteiger partial charge in [-0.3, -0.25) is 4.79 Å². The second kappa shape index (κ2) is 9.00. The van der Waals surface area contributed by atoms with E-state index in [4.69, 9.17) is 9.47 Å². The Kier molecular flexibility index (Phi) is 6.01. The molecule has 0 unspecified atom stereocenters. The zero-order valence-electron chi connectivity index (χ0n) is 20.6. The van der Waals surface area contributed by atoms with Gasteiger partial charge in [-0.1, -0.05) is 18.0 Å². The van der Waals surface area contributed by atoms with E-state index in [1.54, 1.807) is 19.1 Å². The van der Waals surface area contributed by atoms with E-state index >= 15 is 0 Å². The zero-order valence-corrected chi connectivity index (χ0v) is 21.4. The number of ether oxygens (including phenoxy) is 2. The van der Waals surface area contributed by atoms with Crippen molar-refractivity contribution in [2.45, 2.75) is 33.7 Å². The summed E-state index contributed by atoms with van der Waals surface area (Å²) in [6, 6.07) is 6.03. The number of aliphatic carboxylic acids is 1. The lowest BCUT2D eigenvalue weighted by Gasteiger charge is -2.36. The standard InChI is InChI=1S/C27H29N3O4S/c1-14-18(6-7-21-26(14)28-8-9-34-21)24-16(3)25-20-12-29-22(33-4)10-17(20)13-30(35-5)27(25)15(2)19(24)11-23(31)32/h6-7,10,12,28H,8-9,11,13H2,1-5H3,(H,31,32). The average molecular weight is 492 g/mol. The summed E-state index contributed by atoms with van der Waals surface area (Å²) in [7, 11) is 1.63. The molecule has 7 nitrogen and oxygen atoms in total. The van der Waals surface area contributed by atoms with E-state index in [0.29, 0.717) is 19.0 Å². The third-order valence-corrected chi connectivity index (χ3v) is 7.76. The molecule has 0 bridgehead atoms. The predicted octanol–water partition coefficient (Wildman–Crippen LogP) is 5.38. The number of aromatic nitrogens is 1. The molecule has 0 atom stereocenters. The van der Waals surface area contributed by atoms with Crippen LogP contribution in [-0.4, -0.2) is 42.6 Å². The van der Waals surface area contributed by atoms with Gasteiger partial charge in [0, 0.05) is 36.2 Å². The quantitative estimate of drug-likeness (QED) is 0.461. The molecule has 2 N–H and O–H groups in total. The summed E-state index contributed by atoms with van der Waals surface area (Å²) >= 11 is 1.64. The molecule has 0 spiro atoms. The molecule has 0 amide bonds. The SMILES string of the molecule is COc1cc2c(cn1)-c1c(C)c(-c3ccc4c(c3C)NCCO4)c(CC(=O)O)c(C)c1N(SC)C2. The largest absolute Gasteiger partial charge is 0.490 e. The average Bonchev–Trinajstić information content (AvgIpc) is 2.86. The summed E-state index contributed by atoms with van der Waals surface area (Å²) in [5.74, 6) is 0.575. The minimum absolute atomic E-state index is 0.0499. The van der Waals surface area contributed by atoms with Crippen molar-refractivity contribution in [1.29, 1.82) is 0 Å². The molecule has 1 aromatic heterocycles. The first-order valence-corrected chi connectivity index (χ1v) is 12.8. The van der Waals surface area contributed by atoms with Crippen LogP contribution in [0.25, 0.3) is 22.3 Å². The topological polar surface area (TPSA) is 83.9 Å². The Hall–Kier alpha value is -3.39. The maximum atomic E-state index is 12.0. The monoisotopic (exact) mass is 491 g/mol. The van der Waals surface area contributed by atoms with E-state index in [0.717, 1.165) is 73.7 Å². The van der Waals surface area contributed by atoms with Crippen molar-refractivity contribution in [3.05, 3.63) is 52.2 Å². The van der Waals surface area contributed by atoms with Crippen molar-refractivity contribution < 1.29 is 19.4 Å². The fourth-order valence-corrected chi connectivity index (χ4v) is 6.07. The van der Waals surface area contributed by atoms with E-state index in [-0.39, 0.29) is 6.42 Å². The maximum absolute atomic E-state index is 12.0. The van der Waals surface area contributed by atoms with Crippen molar-refractivity contribution in [3.8, 4) is 33.9 Å². The Labute approximate surface area is 209 Å². The molecule has 3 heterocycles. The number of carboxylic acids is 1. The number of nitrogens with one attached hydrogen (secondary N) is 1. The number of carboxylic acid groups (broad SMARTS) is 1. The Morgan fingerprint density at radius 2 is 2.00 bits per heavy atom. The second-order valence-corrected chi connectivity index (χ2v) is 9.69. The number of carbonyl (C=O) groups is 1. The van der Waals surface area contributed by atoms with E-state index in [1.165, 1.54) is 0 Å². The minimum atomic E-state index is -0.843. The number of anilines is 2. The van der Waals surface area contributed by atoms with E-state index in [1.807, 2.05) is 31.5 Å². The number of fused-ring (bicyclic) bond motifs is 4. The van der Waals surface area contributed by atoms with Crippen molar-refractivity contribution in [2.75, 3.05) is 36.1 Å². The van der Waals surface area contributed by atoms with Gasteiger partial charge in [0.2, 0.25) is 5.88 Å². The highest BCUT2D eigenvalue weighted by molar-refractivity contribution is 7.99. The van der Waals surface area contributed by atoms with Gasteiger partial charge < -0.3 is 24.2 Å². The summed E-state index contributed by atoms with van der Waals surface area (Å²) in [4.78, 5) is 16.6. The second-order valence-electron chi connectivity index (χ2n) is 8.89. The summed E-state index contributed by atoms with van der Waals surface area (Å²) in [6.07, 6.45) is 3.88. The van der Waals surface area contributed by atoms with Crippen LogP contribution in [0.3, 0.4) is 0 Å². The normalized spacial score (nSPS) is 13.8. The Morgan fingerprint density at radius 1 is 1.20 bits per heavy atom. The van der Waals surface area contributed by atoms with Gasteiger partial charge in [-0.05, 0) is 65.8 Å². The van der Waals surface area contributed by atoms with Crippen LogP contribution >= 0.6 is 11.9 Å². The number of benzene rings is 2.